The lowest BCUT2D eigenvalue weighted by Gasteiger charge is -2.47. The third-order valence-corrected chi connectivity index (χ3v) is 8.91. The molecule has 4 atom stereocenters. The molecule has 7 N–H and O–H groups in total. The molecule has 0 aromatic heterocycles. The van der Waals surface area contributed by atoms with Gasteiger partial charge in [0, 0.05) is 43.6 Å². The summed E-state index contributed by atoms with van der Waals surface area (Å²) in [5, 5.41) is 20.7. The van der Waals surface area contributed by atoms with E-state index in [0.29, 0.717) is 48.8 Å². The monoisotopic (exact) mass is 697 g/mol. The average molecular weight is 697 g/mol. The number of carbonyl (C=O) groups excluding carboxylic acids is 2. The van der Waals surface area contributed by atoms with Crippen molar-refractivity contribution in [3.63, 3.8) is 0 Å². The highest BCUT2D eigenvalue weighted by molar-refractivity contribution is 5.98. The maximum Gasteiger partial charge on any atom is 0.255 e. The van der Waals surface area contributed by atoms with Gasteiger partial charge in [-0.25, -0.2) is 0 Å². The lowest BCUT2D eigenvalue weighted by molar-refractivity contribution is -0.525. The lowest BCUT2D eigenvalue weighted by atomic mass is 9.79. The number of hydrogen-bond acceptors (Lipinski definition) is 7. The summed E-state index contributed by atoms with van der Waals surface area (Å²) in [5.74, 6) is 1.92. The number of amidine groups is 1. The molecular weight excluding hydrogens is 630 g/mol. The number of nitrogens with two attached hydrogens (primary N) is 1. The van der Waals surface area contributed by atoms with E-state index >= 15 is 0 Å². The molecule has 0 bridgehead atoms. The summed E-state index contributed by atoms with van der Waals surface area (Å²) >= 11 is 0. The van der Waals surface area contributed by atoms with Gasteiger partial charge in [0.05, 0.1) is 24.8 Å². The molecule has 0 saturated carbocycles. The van der Waals surface area contributed by atoms with E-state index in [2.05, 4.69) is 79.0 Å². The number of aliphatic imine (C=N–C) groups is 1. The first kappa shape index (κ1) is 43.9. The van der Waals surface area contributed by atoms with Crippen molar-refractivity contribution in [3.05, 3.63) is 65.1 Å². The second-order valence-corrected chi connectivity index (χ2v) is 13.4. The van der Waals surface area contributed by atoms with Crippen LogP contribution in [0.15, 0.2) is 59.0 Å². The van der Waals surface area contributed by atoms with Gasteiger partial charge in [-0.05, 0) is 57.2 Å². The van der Waals surface area contributed by atoms with Crippen LogP contribution in [0.5, 0.6) is 5.75 Å². The van der Waals surface area contributed by atoms with Crippen LogP contribution in [0, 0.1) is 0 Å². The molecule has 280 valence electrons. The molecule has 11 nitrogen and oxygen atoms in total. The maximum atomic E-state index is 13.5. The third kappa shape index (κ3) is 10.7. The summed E-state index contributed by atoms with van der Waals surface area (Å²) in [6, 6.07) is 5.17. The Kier molecular flexibility index (Phi) is 18.0. The molecule has 3 aliphatic heterocycles. The van der Waals surface area contributed by atoms with Crippen LogP contribution in [0.4, 0.5) is 0 Å². The van der Waals surface area contributed by atoms with E-state index in [1.807, 2.05) is 39.8 Å². The van der Waals surface area contributed by atoms with Crippen LogP contribution < -0.4 is 31.4 Å². The average Bonchev–Trinajstić information content (AvgIpc) is 3.35. The quantitative estimate of drug-likeness (QED) is 0.110. The molecule has 0 radical (unpaired) electrons. The van der Waals surface area contributed by atoms with Crippen LogP contribution in [0.1, 0.15) is 111 Å². The number of carbonyl (C=O) groups is 2. The summed E-state index contributed by atoms with van der Waals surface area (Å²) < 4.78 is 5.96. The summed E-state index contributed by atoms with van der Waals surface area (Å²) in [5.41, 5.74) is 8.54. The predicted molar refractivity (Wildman–Crippen MR) is 206 cm³/mol. The number of rotatable bonds is 7. The van der Waals surface area contributed by atoms with Crippen molar-refractivity contribution in [1.29, 1.82) is 0 Å². The molecule has 1 aromatic rings. The molecule has 11 heteroatoms. The van der Waals surface area contributed by atoms with Gasteiger partial charge in [-0.15, -0.1) is 0 Å². The van der Waals surface area contributed by atoms with Crippen molar-refractivity contribution in [3.8, 4) is 5.75 Å². The normalized spacial score (nSPS) is 23.3. The first-order chi connectivity index (χ1) is 23.6. The second-order valence-electron chi connectivity index (χ2n) is 13.4. The van der Waals surface area contributed by atoms with Gasteiger partial charge in [-0.3, -0.25) is 25.3 Å². The van der Waals surface area contributed by atoms with E-state index in [4.69, 9.17) is 10.5 Å². The van der Waals surface area contributed by atoms with E-state index in [1.165, 1.54) is 12.6 Å². The highest BCUT2D eigenvalue weighted by Gasteiger charge is 2.59. The van der Waals surface area contributed by atoms with Crippen molar-refractivity contribution >= 4 is 23.9 Å². The van der Waals surface area contributed by atoms with Crippen LogP contribution in [0.3, 0.4) is 0 Å². The number of likely N-dealkylation sites (N-methyl/N-ethyl adjacent to an activating group) is 1. The highest BCUT2D eigenvalue weighted by Crippen LogP contribution is 2.41. The van der Waals surface area contributed by atoms with Crippen LogP contribution in [-0.4, -0.2) is 84.3 Å². The Hall–Kier alpha value is -4.12. The molecule has 4 rings (SSSR count). The van der Waals surface area contributed by atoms with Gasteiger partial charge < -0.3 is 30.7 Å². The Labute approximate surface area is 301 Å². The van der Waals surface area contributed by atoms with E-state index < -0.39 is 17.7 Å². The molecule has 3 aliphatic rings. The molecular formula is C39H66N7O4+. The molecule has 0 aliphatic carbocycles. The lowest BCUT2D eigenvalue weighted by Crippen LogP contribution is -2.92. The Morgan fingerprint density at radius 2 is 1.86 bits per heavy atom. The minimum atomic E-state index is -0.799. The summed E-state index contributed by atoms with van der Waals surface area (Å²) in [6.45, 7) is 27.8. The number of aliphatic hydroxyl groups is 1. The van der Waals surface area contributed by atoms with Gasteiger partial charge in [-0.2, -0.15) is 0 Å². The Bertz CT molecular complexity index is 1410. The van der Waals surface area contributed by atoms with E-state index in [-0.39, 0.29) is 23.3 Å². The topological polar surface area (TPSA) is 155 Å². The number of para-hydroxylation sites is 1. The number of aliphatic hydroxyl groups excluding tert-OH is 1. The summed E-state index contributed by atoms with van der Waals surface area (Å²) in [7, 11) is 1.56. The van der Waals surface area contributed by atoms with Gasteiger partial charge in [0.15, 0.2) is 0 Å². The molecule has 2 saturated heterocycles. The number of nitrogens with one attached hydrogen (secondary N) is 4. The Morgan fingerprint density at radius 3 is 2.42 bits per heavy atom. The molecule has 50 heavy (non-hydrogen) atoms. The highest BCUT2D eigenvalue weighted by atomic mass is 16.5. The molecule has 2 fully saturated rings. The van der Waals surface area contributed by atoms with Crippen LogP contribution in [0.2, 0.25) is 0 Å². The molecule has 3 heterocycles. The first-order valence-electron chi connectivity index (χ1n) is 18.0. The zero-order valence-electron chi connectivity index (χ0n) is 32.8. The third-order valence-electron chi connectivity index (χ3n) is 8.91. The standard InChI is InChI=1S/C26H39N5O3.C8H12N2O.C3H8.C2H6/c1-7-20(27)30-19-13-28-23(15(2)3)31-14-18(22(32)26(19,31)6)29-24(33)16-9-8-10-17-21(16)34-12-11-25(17,4)5;1-4-10-6-5-7(2)8(11)9-3;1-3-2;1-2/h8-10,18-19,22,28,32H,7,11-14H2,1-6H3,(H2,27,30)(H,29,33);4-6H,2H2,1,3H3,(H,9,11);3H2,1-2H3;1-2H3/p+1/b;6-5-,10-4?;;/t18?,19?,22-,26?;;;/m1.../s1. The minimum Gasteiger partial charge on any atom is -0.492 e. The molecule has 1 aromatic carbocycles. The van der Waals surface area contributed by atoms with Gasteiger partial charge in [-0.1, -0.05) is 73.6 Å². The fourth-order valence-electron chi connectivity index (χ4n) is 6.03. The van der Waals surface area contributed by atoms with Crippen LogP contribution in [0.25, 0.3) is 0 Å². The maximum absolute atomic E-state index is 13.5. The summed E-state index contributed by atoms with van der Waals surface area (Å²) in [4.78, 5) is 33.6. The van der Waals surface area contributed by atoms with Crippen molar-refractivity contribution in [2.24, 2.45) is 10.7 Å². The largest absolute Gasteiger partial charge is 0.492 e. The van der Waals surface area contributed by atoms with Gasteiger partial charge in [0.2, 0.25) is 11.7 Å². The number of ether oxygens (including phenoxy) is 1. The fraction of sp³-hybridized carbons (Fsp3) is 0.590. The Morgan fingerprint density at radius 1 is 1.22 bits per heavy atom. The summed E-state index contributed by atoms with van der Waals surface area (Å²) in [6.07, 6.45) is 6.77. The number of nitrogens with zero attached hydrogens (tertiary/aromatic N) is 2. The van der Waals surface area contributed by atoms with E-state index in [1.54, 1.807) is 32.3 Å². The minimum absolute atomic E-state index is 0.0521. The van der Waals surface area contributed by atoms with Crippen molar-refractivity contribution in [2.75, 3.05) is 26.7 Å². The number of amides is 2. The molecule has 0 spiro atoms. The van der Waals surface area contributed by atoms with Crippen molar-refractivity contribution < 1.29 is 24.4 Å². The van der Waals surface area contributed by atoms with Crippen LogP contribution >= 0.6 is 0 Å². The van der Waals surface area contributed by atoms with Crippen molar-refractivity contribution in [1.82, 2.24) is 20.9 Å². The number of benzene rings is 1. The predicted octanol–water partition coefficient (Wildman–Crippen LogP) is 3.69. The number of allylic oxidation sites excluding steroid dienone is 1. The first-order valence-corrected chi connectivity index (χ1v) is 18.0. The van der Waals surface area contributed by atoms with Crippen LogP contribution in [-0.2, 0) is 10.2 Å². The SMILES string of the molecule is C=C(/C=C\N=CC)C(=O)NC.CC.CCC.CCC(N)=[NH+]C1CNC(=C(C)C)N2CC(NC(=O)c3cccc4c3OCCC4(C)C)[C@@H](O)C12C. The number of hydrogen-bond donors (Lipinski definition) is 6. The zero-order chi connectivity index (χ0) is 38.2. The van der Waals surface area contributed by atoms with Gasteiger partial charge >= 0.3 is 0 Å². The van der Waals surface area contributed by atoms with E-state index in [0.717, 1.165) is 23.4 Å². The molecule has 3 unspecified atom stereocenters. The van der Waals surface area contributed by atoms with Crippen molar-refractivity contribution in [2.45, 2.75) is 125 Å². The Balaban J connectivity index is 0.000000658. The zero-order valence-corrected chi connectivity index (χ0v) is 32.8. The number of fused-ring (bicyclic) bond motifs is 2. The van der Waals surface area contributed by atoms with Gasteiger partial charge in [0.1, 0.15) is 29.3 Å². The smallest absolute Gasteiger partial charge is 0.255 e. The second kappa shape index (κ2) is 20.5. The van der Waals surface area contributed by atoms with Gasteiger partial charge in [0.25, 0.3) is 5.91 Å². The van der Waals surface area contributed by atoms with E-state index in [9.17, 15) is 14.7 Å². The molecule has 2 amide bonds. The fourth-order valence-corrected chi connectivity index (χ4v) is 6.03.